The van der Waals surface area contributed by atoms with E-state index in [2.05, 4.69) is 10.1 Å². The number of oxime groups is 1. The fraction of sp³-hybridized carbons (Fsp3) is 0.250. The van der Waals surface area contributed by atoms with Crippen LogP contribution in [0.5, 0.6) is 0 Å². The maximum atomic E-state index is 4.78. The van der Waals surface area contributed by atoms with Gasteiger partial charge in [0.15, 0.2) is 0 Å². The van der Waals surface area contributed by atoms with Crippen LogP contribution in [0.3, 0.4) is 0 Å². The zero-order valence-electron chi connectivity index (χ0n) is 6.80. The summed E-state index contributed by atoms with van der Waals surface area (Å²) in [5.74, 6) is 0. The maximum Gasteiger partial charge on any atom is 0.114 e. The van der Waals surface area contributed by atoms with Crippen molar-refractivity contribution < 1.29 is 4.84 Å². The molecule has 0 unspecified atom stereocenters. The van der Waals surface area contributed by atoms with Crippen molar-refractivity contribution >= 4 is 18.6 Å². The molecule has 1 aromatic heterocycles. The van der Waals surface area contributed by atoms with Crippen LogP contribution >= 0.6 is 12.4 Å². The van der Waals surface area contributed by atoms with E-state index in [0.29, 0.717) is 6.61 Å². The number of pyridine rings is 1. The van der Waals surface area contributed by atoms with Gasteiger partial charge in [-0.25, -0.2) is 0 Å². The van der Waals surface area contributed by atoms with Crippen molar-refractivity contribution in [3.05, 3.63) is 30.1 Å². The van der Waals surface area contributed by atoms with E-state index < -0.39 is 0 Å². The van der Waals surface area contributed by atoms with Crippen molar-refractivity contribution in [1.82, 2.24) is 4.98 Å². The number of aromatic nitrogens is 1. The van der Waals surface area contributed by atoms with Gasteiger partial charge in [0, 0.05) is 18.0 Å². The summed E-state index contributed by atoms with van der Waals surface area (Å²) in [6.45, 7) is 2.48. The second-order valence-corrected chi connectivity index (χ2v) is 1.94. The van der Waals surface area contributed by atoms with E-state index >= 15 is 0 Å². The second kappa shape index (κ2) is 6.61. The molecule has 1 aromatic rings. The fourth-order valence-electron chi connectivity index (χ4n) is 0.625. The molecule has 0 saturated heterocycles. The highest BCUT2D eigenvalue weighted by molar-refractivity contribution is 5.85. The summed E-state index contributed by atoms with van der Waals surface area (Å²) < 4.78 is 0. The van der Waals surface area contributed by atoms with E-state index in [0.717, 1.165) is 5.56 Å². The zero-order valence-corrected chi connectivity index (χ0v) is 7.62. The first-order valence-corrected chi connectivity index (χ1v) is 3.49. The normalized spacial score (nSPS) is 9.42. The fourth-order valence-corrected chi connectivity index (χ4v) is 0.625. The Morgan fingerprint density at radius 3 is 3.08 bits per heavy atom. The highest BCUT2D eigenvalue weighted by Crippen LogP contribution is 1.90. The monoisotopic (exact) mass is 186 g/mol. The van der Waals surface area contributed by atoms with Gasteiger partial charge in [-0.2, -0.15) is 0 Å². The lowest BCUT2D eigenvalue weighted by atomic mass is 10.3. The summed E-state index contributed by atoms with van der Waals surface area (Å²) in [7, 11) is 0. The Labute approximate surface area is 77.9 Å². The molecule has 0 N–H and O–H groups in total. The van der Waals surface area contributed by atoms with Crippen LogP contribution in [-0.2, 0) is 4.84 Å². The van der Waals surface area contributed by atoms with Crippen LogP contribution in [-0.4, -0.2) is 17.8 Å². The zero-order chi connectivity index (χ0) is 7.94. The highest BCUT2D eigenvalue weighted by Gasteiger charge is 1.82. The van der Waals surface area contributed by atoms with Crippen molar-refractivity contribution in [3.63, 3.8) is 0 Å². The van der Waals surface area contributed by atoms with Crippen LogP contribution in [0, 0.1) is 0 Å². The lowest BCUT2D eigenvalue weighted by molar-refractivity contribution is 0.160. The van der Waals surface area contributed by atoms with Gasteiger partial charge in [-0.1, -0.05) is 11.2 Å². The molecule has 0 radical (unpaired) electrons. The van der Waals surface area contributed by atoms with Crippen LogP contribution in [0.1, 0.15) is 12.5 Å². The van der Waals surface area contributed by atoms with Crippen molar-refractivity contribution in [2.45, 2.75) is 6.92 Å². The van der Waals surface area contributed by atoms with Gasteiger partial charge in [-0.15, -0.1) is 12.4 Å². The standard InChI is InChI=1S/C8H10N2O.ClH/c1-2-11-10-7-8-4-3-5-9-6-8;/h3-7H,2H2,1H3;1H/b10-7+;. The van der Waals surface area contributed by atoms with Gasteiger partial charge >= 0.3 is 0 Å². The molecule has 0 aliphatic heterocycles. The molecular weight excluding hydrogens is 176 g/mol. The summed E-state index contributed by atoms with van der Waals surface area (Å²) in [5.41, 5.74) is 0.945. The first-order valence-electron chi connectivity index (χ1n) is 3.49. The molecule has 3 nitrogen and oxygen atoms in total. The number of hydrogen-bond acceptors (Lipinski definition) is 3. The molecule has 1 heterocycles. The molecule has 0 bridgehead atoms. The average molecular weight is 187 g/mol. The summed E-state index contributed by atoms with van der Waals surface area (Å²) in [5, 5.41) is 3.70. The lowest BCUT2D eigenvalue weighted by Gasteiger charge is -1.90. The van der Waals surface area contributed by atoms with Crippen LogP contribution < -0.4 is 0 Å². The third kappa shape index (κ3) is 3.93. The molecule has 0 aromatic carbocycles. The number of hydrogen-bond donors (Lipinski definition) is 0. The number of halogens is 1. The molecular formula is C8H11ClN2O. The molecule has 0 spiro atoms. The molecule has 0 aliphatic carbocycles. The first-order chi connectivity index (χ1) is 5.43. The quantitative estimate of drug-likeness (QED) is 0.534. The SMILES string of the molecule is CCO/N=C/c1cccnc1.Cl. The van der Waals surface area contributed by atoms with E-state index in [1.165, 1.54) is 0 Å². The predicted octanol–water partition coefficient (Wildman–Crippen LogP) is 1.87. The Balaban J connectivity index is 0.00000121. The average Bonchev–Trinajstić information content (AvgIpc) is 2.07. The minimum Gasteiger partial charge on any atom is -0.396 e. The van der Waals surface area contributed by atoms with Gasteiger partial charge in [0.05, 0.1) is 6.21 Å². The topological polar surface area (TPSA) is 34.5 Å². The predicted molar refractivity (Wildman–Crippen MR) is 50.7 cm³/mol. The Morgan fingerprint density at radius 2 is 2.50 bits per heavy atom. The smallest absolute Gasteiger partial charge is 0.114 e. The third-order valence-electron chi connectivity index (χ3n) is 1.09. The lowest BCUT2D eigenvalue weighted by Crippen LogP contribution is -1.84. The molecule has 66 valence electrons. The molecule has 0 atom stereocenters. The van der Waals surface area contributed by atoms with Crippen molar-refractivity contribution in [3.8, 4) is 0 Å². The van der Waals surface area contributed by atoms with Gasteiger partial charge in [0.1, 0.15) is 6.61 Å². The Bertz CT molecular complexity index is 226. The second-order valence-electron chi connectivity index (χ2n) is 1.94. The summed E-state index contributed by atoms with van der Waals surface area (Å²) in [6.07, 6.45) is 5.08. The van der Waals surface area contributed by atoms with Gasteiger partial charge in [-0.05, 0) is 13.0 Å². The van der Waals surface area contributed by atoms with Crippen molar-refractivity contribution in [2.75, 3.05) is 6.61 Å². The van der Waals surface area contributed by atoms with Crippen LogP contribution in [0.15, 0.2) is 29.7 Å². The molecule has 0 saturated carbocycles. The van der Waals surface area contributed by atoms with E-state index in [1.807, 2.05) is 19.1 Å². The molecule has 12 heavy (non-hydrogen) atoms. The van der Waals surface area contributed by atoms with Crippen molar-refractivity contribution in [1.29, 1.82) is 0 Å². The van der Waals surface area contributed by atoms with Gasteiger partial charge < -0.3 is 4.84 Å². The Kier molecular flexibility index (Phi) is 6.01. The van der Waals surface area contributed by atoms with E-state index in [-0.39, 0.29) is 12.4 Å². The van der Waals surface area contributed by atoms with Gasteiger partial charge in [0.25, 0.3) is 0 Å². The van der Waals surface area contributed by atoms with Gasteiger partial charge in [0.2, 0.25) is 0 Å². The van der Waals surface area contributed by atoms with E-state index in [1.54, 1.807) is 18.6 Å². The van der Waals surface area contributed by atoms with E-state index in [9.17, 15) is 0 Å². The van der Waals surface area contributed by atoms with Crippen LogP contribution in [0.25, 0.3) is 0 Å². The molecule has 0 amide bonds. The largest absolute Gasteiger partial charge is 0.396 e. The minimum atomic E-state index is 0. The summed E-state index contributed by atoms with van der Waals surface area (Å²) >= 11 is 0. The van der Waals surface area contributed by atoms with Crippen molar-refractivity contribution in [2.24, 2.45) is 5.16 Å². The molecule has 4 heteroatoms. The van der Waals surface area contributed by atoms with Gasteiger partial charge in [-0.3, -0.25) is 4.98 Å². The van der Waals surface area contributed by atoms with E-state index in [4.69, 9.17) is 4.84 Å². The summed E-state index contributed by atoms with van der Waals surface area (Å²) in [4.78, 5) is 8.70. The molecule has 1 rings (SSSR count). The Morgan fingerprint density at radius 1 is 1.67 bits per heavy atom. The summed E-state index contributed by atoms with van der Waals surface area (Å²) in [6, 6.07) is 3.77. The van der Waals surface area contributed by atoms with Crippen LogP contribution in [0.2, 0.25) is 0 Å². The number of rotatable bonds is 3. The Hall–Kier alpha value is -1.09. The highest BCUT2D eigenvalue weighted by atomic mass is 35.5. The van der Waals surface area contributed by atoms with Crippen LogP contribution in [0.4, 0.5) is 0 Å². The molecule has 0 fully saturated rings. The molecule has 0 aliphatic rings. The number of nitrogens with zero attached hydrogens (tertiary/aromatic N) is 2. The first kappa shape index (κ1) is 10.9. The maximum absolute atomic E-state index is 4.78. The third-order valence-corrected chi connectivity index (χ3v) is 1.09. The minimum absolute atomic E-state index is 0.